The van der Waals surface area contributed by atoms with E-state index in [9.17, 15) is 0 Å². The van der Waals surface area contributed by atoms with Crippen LogP contribution in [-0.4, -0.2) is 37.1 Å². The van der Waals surface area contributed by atoms with Gasteiger partial charge < -0.3 is 10.2 Å². The van der Waals surface area contributed by atoms with Gasteiger partial charge in [-0.05, 0) is 39.4 Å². The zero-order valence-corrected chi connectivity index (χ0v) is 11.9. The molecule has 0 aromatic heterocycles. The Hall–Kier alpha value is -0.0800. The summed E-state index contributed by atoms with van der Waals surface area (Å²) in [6, 6.07) is 0.509. The minimum Gasteiger partial charge on any atom is -0.312 e. The molecule has 0 saturated heterocycles. The van der Waals surface area contributed by atoms with Crippen molar-refractivity contribution in [2.45, 2.75) is 59.5 Å². The summed E-state index contributed by atoms with van der Waals surface area (Å²) in [6.07, 6.45) is 1.16. The number of hydrogen-bond donors (Lipinski definition) is 1. The van der Waals surface area contributed by atoms with Gasteiger partial charge in [0.1, 0.15) is 0 Å². The first kappa shape index (κ1) is 14.9. The van der Waals surface area contributed by atoms with Crippen molar-refractivity contribution >= 4 is 0 Å². The fraction of sp³-hybridized carbons (Fsp3) is 1.00. The molecule has 0 spiro atoms. The smallest absolute Gasteiger partial charge is 0.0330 e. The monoisotopic (exact) mass is 214 g/mol. The molecule has 0 fully saturated rings. The summed E-state index contributed by atoms with van der Waals surface area (Å²) < 4.78 is 0. The van der Waals surface area contributed by atoms with Crippen molar-refractivity contribution in [3.63, 3.8) is 0 Å². The Bertz CT molecular complexity index is 181. The highest BCUT2D eigenvalue weighted by Crippen LogP contribution is 2.33. The van der Waals surface area contributed by atoms with Crippen LogP contribution in [0.1, 0.15) is 48.0 Å². The number of likely N-dealkylation sites (N-methyl/N-ethyl adjacent to an activating group) is 2. The first-order valence-corrected chi connectivity index (χ1v) is 6.11. The van der Waals surface area contributed by atoms with Crippen LogP contribution in [0.2, 0.25) is 0 Å². The molecule has 2 atom stereocenters. The molecule has 15 heavy (non-hydrogen) atoms. The predicted molar refractivity (Wildman–Crippen MR) is 69.3 cm³/mol. The molecule has 2 unspecified atom stereocenters. The number of nitrogens with one attached hydrogen (secondary N) is 1. The van der Waals surface area contributed by atoms with E-state index in [1.807, 2.05) is 0 Å². The number of nitrogens with zero attached hydrogens (tertiary/aromatic N) is 1. The number of hydrogen-bond acceptors (Lipinski definition) is 2. The Labute approximate surface area is 96.4 Å². The van der Waals surface area contributed by atoms with Crippen LogP contribution < -0.4 is 5.32 Å². The van der Waals surface area contributed by atoms with Crippen LogP contribution >= 0.6 is 0 Å². The normalized spacial score (nSPS) is 19.0. The Kier molecular flexibility index (Phi) is 5.28. The largest absolute Gasteiger partial charge is 0.312 e. The third-order valence-corrected chi connectivity index (χ3v) is 3.63. The SMILES string of the molecule is CCNC(C(C)(C)C)C(C)(CC)N(C)C. The summed E-state index contributed by atoms with van der Waals surface area (Å²) in [4.78, 5) is 2.35. The van der Waals surface area contributed by atoms with Gasteiger partial charge in [-0.2, -0.15) is 0 Å². The van der Waals surface area contributed by atoms with E-state index >= 15 is 0 Å². The molecular formula is C13H30N2. The Morgan fingerprint density at radius 3 is 1.73 bits per heavy atom. The topological polar surface area (TPSA) is 15.3 Å². The third-order valence-electron chi connectivity index (χ3n) is 3.63. The fourth-order valence-electron chi connectivity index (χ4n) is 2.44. The van der Waals surface area contributed by atoms with Crippen molar-refractivity contribution < 1.29 is 0 Å². The lowest BCUT2D eigenvalue weighted by Crippen LogP contribution is -2.61. The maximum absolute atomic E-state index is 3.65. The van der Waals surface area contributed by atoms with Crippen molar-refractivity contribution in [1.29, 1.82) is 0 Å². The summed E-state index contributed by atoms with van der Waals surface area (Å²) in [6.45, 7) is 14.8. The van der Waals surface area contributed by atoms with Gasteiger partial charge in [-0.1, -0.05) is 34.6 Å². The molecule has 2 heteroatoms. The average molecular weight is 214 g/mol. The van der Waals surface area contributed by atoms with Crippen LogP contribution in [0.5, 0.6) is 0 Å². The lowest BCUT2D eigenvalue weighted by molar-refractivity contribution is 0.0551. The molecule has 0 radical (unpaired) electrons. The van der Waals surface area contributed by atoms with Gasteiger partial charge in [-0.25, -0.2) is 0 Å². The van der Waals surface area contributed by atoms with Crippen LogP contribution in [0.15, 0.2) is 0 Å². The highest BCUT2D eigenvalue weighted by molar-refractivity contribution is 5.00. The van der Waals surface area contributed by atoms with E-state index in [1.54, 1.807) is 0 Å². The fourth-order valence-corrected chi connectivity index (χ4v) is 2.44. The van der Waals surface area contributed by atoms with Gasteiger partial charge in [-0.3, -0.25) is 0 Å². The molecule has 1 N–H and O–H groups in total. The van der Waals surface area contributed by atoms with Crippen LogP contribution in [0, 0.1) is 5.41 Å². The van der Waals surface area contributed by atoms with Gasteiger partial charge >= 0.3 is 0 Å². The van der Waals surface area contributed by atoms with E-state index in [1.165, 1.54) is 0 Å². The maximum atomic E-state index is 3.65. The summed E-state index contributed by atoms with van der Waals surface area (Å²) >= 11 is 0. The highest BCUT2D eigenvalue weighted by atomic mass is 15.2. The second-order valence-electron chi connectivity index (χ2n) is 5.96. The van der Waals surface area contributed by atoms with Crippen LogP contribution in [0.3, 0.4) is 0 Å². The van der Waals surface area contributed by atoms with Gasteiger partial charge in [-0.15, -0.1) is 0 Å². The molecular weight excluding hydrogens is 184 g/mol. The van der Waals surface area contributed by atoms with Crippen molar-refractivity contribution in [3.05, 3.63) is 0 Å². The Morgan fingerprint density at radius 1 is 1.07 bits per heavy atom. The Balaban J connectivity index is 5.03. The summed E-state index contributed by atoms with van der Waals surface area (Å²) in [5, 5.41) is 3.65. The molecule has 0 rings (SSSR count). The standard InChI is InChI=1S/C13H30N2/c1-9-13(6,15(7)8)11(14-10-2)12(3,4)5/h11,14H,9-10H2,1-8H3. The van der Waals surface area contributed by atoms with Crippen molar-refractivity contribution in [3.8, 4) is 0 Å². The Morgan fingerprint density at radius 2 is 1.53 bits per heavy atom. The predicted octanol–water partition coefficient (Wildman–Crippen LogP) is 2.74. The van der Waals surface area contributed by atoms with E-state index in [2.05, 4.69) is 65.9 Å². The zero-order chi connectivity index (χ0) is 12.3. The molecule has 0 aromatic rings. The van der Waals surface area contributed by atoms with Crippen LogP contribution in [-0.2, 0) is 0 Å². The first-order valence-electron chi connectivity index (χ1n) is 6.11. The van der Waals surface area contributed by atoms with Gasteiger partial charge in [0.25, 0.3) is 0 Å². The minimum atomic E-state index is 0.217. The van der Waals surface area contributed by atoms with E-state index in [4.69, 9.17) is 0 Å². The molecule has 0 aliphatic carbocycles. The first-order chi connectivity index (χ1) is 6.70. The molecule has 92 valence electrons. The summed E-state index contributed by atoms with van der Waals surface area (Å²) in [7, 11) is 4.36. The third kappa shape index (κ3) is 3.46. The van der Waals surface area contributed by atoms with E-state index in [0.717, 1.165) is 13.0 Å². The summed E-state index contributed by atoms with van der Waals surface area (Å²) in [5.41, 5.74) is 0.499. The van der Waals surface area contributed by atoms with Gasteiger partial charge in [0, 0.05) is 11.6 Å². The van der Waals surface area contributed by atoms with Gasteiger partial charge in [0.15, 0.2) is 0 Å². The molecule has 0 aromatic carbocycles. The van der Waals surface area contributed by atoms with E-state index in [-0.39, 0.29) is 11.0 Å². The number of rotatable bonds is 5. The quantitative estimate of drug-likeness (QED) is 0.757. The molecule has 0 aliphatic rings. The molecule has 0 aliphatic heterocycles. The molecule has 0 saturated carbocycles. The highest BCUT2D eigenvalue weighted by Gasteiger charge is 2.40. The molecule has 2 nitrogen and oxygen atoms in total. The lowest BCUT2D eigenvalue weighted by Gasteiger charge is -2.49. The zero-order valence-electron chi connectivity index (χ0n) is 11.9. The van der Waals surface area contributed by atoms with Crippen molar-refractivity contribution in [1.82, 2.24) is 10.2 Å². The van der Waals surface area contributed by atoms with Crippen LogP contribution in [0.25, 0.3) is 0 Å². The minimum absolute atomic E-state index is 0.217. The average Bonchev–Trinajstić information content (AvgIpc) is 2.10. The maximum Gasteiger partial charge on any atom is 0.0330 e. The molecule has 0 amide bonds. The van der Waals surface area contributed by atoms with Crippen molar-refractivity contribution in [2.24, 2.45) is 5.41 Å². The van der Waals surface area contributed by atoms with Crippen LogP contribution in [0.4, 0.5) is 0 Å². The lowest BCUT2D eigenvalue weighted by atomic mass is 9.73. The van der Waals surface area contributed by atoms with Gasteiger partial charge in [0.05, 0.1) is 0 Å². The molecule has 0 heterocycles. The van der Waals surface area contributed by atoms with E-state index in [0.29, 0.717) is 6.04 Å². The summed E-state index contributed by atoms with van der Waals surface area (Å²) in [5.74, 6) is 0. The van der Waals surface area contributed by atoms with Gasteiger partial charge in [0.2, 0.25) is 0 Å². The molecule has 0 bridgehead atoms. The van der Waals surface area contributed by atoms with Crippen molar-refractivity contribution in [2.75, 3.05) is 20.6 Å². The van der Waals surface area contributed by atoms with E-state index < -0.39 is 0 Å². The second kappa shape index (κ2) is 5.31. The second-order valence-corrected chi connectivity index (χ2v) is 5.96.